The van der Waals surface area contributed by atoms with Gasteiger partial charge < -0.3 is 14.5 Å². The Morgan fingerprint density at radius 1 is 0.500 bits per heavy atom. The van der Waals surface area contributed by atoms with Crippen molar-refractivity contribution in [2.45, 2.75) is 0 Å². The number of carbonyl (C=O) groups is 1. The van der Waals surface area contributed by atoms with Crippen molar-refractivity contribution >= 4 is 40.1 Å². The van der Waals surface area contributed by atoms with E-state index < -0.39 is 5.97 Å². The van der Waals surface area contributed by atoms with Crippen LogP contribution in [0.1, 0.15) is 10.4 Å². The second kappa shape index (κ2) is 10.6. The summed E-state index contributed by atoms with van der Waals surface area (Å²) < 4.78 is 5.26. The summed E-state index contributed by atoms with van der Waals surface area (Å²) in [6.45, 7) is 0. The minimum absolute atomic E-state index is 0.398. The molecule has 0 unspecified atom stereocenters. The van der Waals surface area contributed by atoms with Crippen molar-refractivity contribution in [3.8, 4) is 0 Å². The minimum Gasteiger partial charge on any atom is -0.465 e. The van der Waals surface area contributed by atoms with Crippen LogP contribution in [0.5, 0.6) is 0 Å². The third-order valence-corrected chi connectivity index (χ3v) is 5.94. The summed E-state index contributed by atoms with van der Waals surface area (Å²) in [7, 11) is 1.42. The van der Waals surface area contributed by atoms with E-state index >= 15 is 0 Å². The van der Waals surface area contributed by atoms with Gasteiger partial charge in [0.05, 0.1) is 18.4 Å². The summed E-state index contributed by atoms with van der Waals surface area (Å²) in [5.41, 5.74) is 5.96. The van der Waals surface area contributed by atoms with Crippen molar-refractivity contribution in [3.05, 3.63) is 145 Å². The first-order valence-corrected chi connectivity index (χ1v) is 11.8. The Bertz CT molecular complexity index is 1340. The van der Waals surface area contributed by atoms with Gasteiger partial charge in [0.15, 0.2) is 0 Å². The van der Waals surface area contributed by atoms with Crippen LogP contribution in [0.15, 0.2) is 140 Å². The maximum atomic E-state index is 13.2. The maximum absolute atomic E-state index is 13.2. The van der Waals surface area contributed by atoms with Crippen LogP contribution >= 0.6 is 0 Å². The lowest BCUT2D eigenvalue weighted by molar-refractivity contribution is 0.0601. The normalized spacial score (nSPS) is 10.5. The van der Waals surface area contributed by atoms with Gasteiger partial charge in [-0.25, -0.2) is 4.79 Å². The van der Waals surface area contributed by atoms with Gasteiger partial charge in [-0.1, -0.05) is 72.8 Å². The maximum Gasteiger partial charge on any atom is 0.340 e. The number of ether oxygens (including phenoxy) is 1. The molecule has 0 radical (unpaired) electrons. The molecule has 0 amide bonds. The van der Waals surface area contributed by atoms with E-state index in [4.69, 9.17) is 4.74 Å². The highest BCUT2D eigenvalue weighted by molar-refractivity contribution is 6.00. The number of nitrogens with zero attached hydrogens (tertiary/aromatic N) is 2. The molecule has 0 saturated heterocycles. The van der Waals surface area contributed by atoms with Crippen molar-refractivity contribution in [3.63, 3.8) is 0 Å². The predicted molar refractivity (Wildman–Crippen MR) is 147 cm³/mol. The van der Waals surface area contributed by atoms with Gasteiger partial charge in [0.1, 0.15) is 0 Å². The number of para-hydroxylation sites is 4. The molecule has 5 rings (SSSR count). The third-order valence-electron chi connectivity index (χ3n) is 5.94. The van der Waals surface area contributed by atoms with Crippen molar-refractivity contribution in [2.75, 3.05) is 16.9 Å². The number of benzene rings is 5. The molecule has 4 heteroatoms. The average Bonchev–Trinajstić information content (AvgIpc) is 2.96. The topological polar surface area (TPSA) is 32.8 Å². The van der Waals surface area contributed by atoms with Gasteiger partial charge in [-0.05, 0) is 66.7 Å². The Morgan fingerprint density at radius 3 is 1.28 bits per heavy atom. The third kappa shape index (κ3) is 4.70. The lowest BCUT2D eigenvalue weighted by Gasteiger charge is -2.29. The smallest absolute Gasteiger partial charge is 0.340 e. The Kier molecular flexibility index (Phi) is 6.77. The van der Waals surface area contributed by atoms with Crippen molar-refractivity contribution < 1.29 is 9.53 Å². The Morgan fingerprint density at radius 2 is 0.889 bits per heavy atom. The number of esters is 1. The first kappa shape index (κ1) is 22.9. The zero-order valence-electron chi connectivity index (χ0n) is 20.0. The predicted octanol–water partition coefficient (Wildman–Crippen LogP) is 8.41. The number of carbonyl (C=O) groups excluding carboxylic acids is 1. The van der Waals surface area contributed by atoms with Crippen LogP contribution in [0, 0.1) is 0 Å². The standard InChI is InChI=1S/C32H26N2O2/c1-36-32(35)30-24-29(33(25-14-6-2-7-15-25)26-16-8-3-9-17-26)22-23-31(30)34(27-18-10-4-11-19-27)28-20-12-5-13-21-28/h2-24H,1H3. The van der Waals surface area contributed by atoms with Crippen LogP contribution in [0.3, 0.4) is 0 Å². The molecule has 0 aliphatic heterocycles. The lowest BCUT2D eigenvalue weighted by Crippen LogP contribution is -2.17. The van der Waals surface area contributed by atoms with Gasteiger partial charge in [0.2, 0.25) is 0 Å². The summed E-state index contributed by atoms with van der Waals surface area (Å²) in [5, 5.41) is 0. The molecule has 5 aromatic carbocycles. The van der Waals surface area contributed by atoms with Crippen molar-refractivity contribution in [1.29, 1.82) is 0 Å². The van der Waals surface area contributed by atoms with Gasteiger partial charge >= 0.3 is 5.97 Å². The zero-order valence-corrected chi connectivity index (χ0v) is 20.0. The van der Waals surface area contributed by atoms with E-state index in [0.717, 1.165) is 34.1 Å². The van der Waals surface area contributed by atoms with Gasteiger partial charge in [0.25, 0.3) is 0 Å². The van der Waals surface area contributed by atoms with E-state index in [9.17, 15) is 4.79 Å². The monoisotopic (exact) mass is 470 g/mol. The molecule has 0 N–H and O–H groups in total. The van der Waals surface area contributed by atoms with Crippen molar-refractivity contribution in [2.24, 2.45) is 0 Å². The minimum atomic E-state index is -0.398. The van der Waals surface area contributed by atoms with Crippen LogP contribution in [0.4, 0.5) is 34.1 Å². The molecule has 0 bridgehead atoms. The van der Waals surface area contributed by atoms with Crippen LogP contribution < -0.4 is 9.80 Å². The summed E-state index contributed by atoms with van der Waals surface area (Å²) in [6.07, 6.45) is 0. The summed E-state index contributed by atoms with van der Waals surface area (Å²) in [5.74, 6) is -0.398. The van der Waals surface area contributed by atoms with Gasteiger partial charge in [-0.2, -0.15) is 0 Å². The molecule has 0 aromatic heterocycles. The first-order chi connectivity index (χ1) is 17.8. The van der Waals surface area contributed by atoms with E-state index in [-0.39, 0.29) is 0 Å². The fourth-order valence-electron chi connectivity index (χ4n) is 4.31. The molecule has 0 heterocycles. The highest BCUT2D eigenvalue weighted by Crippen LogP contribution is 2.41. The number of rotatable bonds is 7. The molecule has 0 fully saturated rings. The van der Waals surface area contributed by atoms with Gasteiger partial charge in [-0.3, -0.25) is 0 Å². The molecule has 0 spiro atoms. The summed E-state index contributed by atoms with van der Waals surface area (Å²) in [4.78, 5) is 17.4. The number of hydrogen-bond donors (Lipinski definition) is 0. The number of hydrogen-bond acceptors (Lipinski definition) is 4. The quantitative estimate of drug-likeness (QED) is 0.224. The van der Waals surface area contributed by atoms with Gasteiger partial charge in [-0.15, -0.1) is 0 Å². The molecule has 5 aromatic rings. The Balaban J connectivity index is 1.71. The number of anilines is 6. The summed E-state index contributed by atoms with van der Waals surface area (Å²) in [6, 6.07) is 46.2. The van der Waals surface area contributed by atoms with E-state index in [0.29, 0.717) is 5.56 Å². The highest BCUT2D eigenvalue weighted by atomic mass is 16.5. The molecule has 0 saturated carbocycles. The van der Waals surface area contributed by atoms with E-state index in [1.165, 1.54) is 7.11 Å². The molecule has 0 atom stereocenters. The molecule has 4 nitrogen and oxygen atoms in total. The molecular weight excluding hydrogens is 444 g/mol. The number of methoxy groups -OCH3 is 1. The van der Waals surface area contributed by atoms with E-state index in [1.807, 2.05) is 115 Å². The van der Waals surface area contributed by atoms with Crippen LogP contribution in [-0.4, -0.2) is 13.1 Å². The van der Waals surface area contributed by atoms with Gasteiger partial charge in [0, 0.05) is 28.4 Å². The van der Waals surface area contributed by atoms with E-state index in [2.05, 4.69) is 34.1 Å². The Labute approximate surface area is 211 Å². The van der Waals surface area contributed by atoms with Crippen LogP contribution in [0.25, 0.3) is 0 Å². The largest absolute Gasteiger partial charge is 0.465 e. The fraction of sp³-hybridized carbons (Fsp3) is 0.0312. The fourth-order valence-corrected chi connectivity index (χ4v) is 4.31. The van der Waals surface area contributed by atoms with Crippen molar-refractivity contribution in [1.82, 2.24) is 0 Å². The summed E-state index contributed by atoms with van der Waals surface area (Å²) >= 11 is 0. The first-order valence-electron chi connectivity index (χ1n) is 11.8. The zero-order chi connectivity index (χ0) is 24.7. The SMILES string of the molecule is COC(=O)c1cc(N(c2ccccc2)c2ccccc2)ccc1N(c1ccccc1)c1ccccc1. The molecule has 0 aliphatic rings. The highest BCUT2D eigenvalue weighted by Gasteiger charge is 2.23. The second-order valence-electron chi connectivity index (χ2n) is 8.21. The Hall–Kier alpha value is -4.83. The molecular formula is C32H26N2O2. The average molecular weight is 471 g/mol. The van der Waals surface area contributed by atoms with E-state index in [1.54, 1.807) is 0 Å². The molecule has 176 valence electrons. The van der Waals surface area contributed by atoms with Crippen LogP contribution in [-0.2, 0) is 4.74 Å². The van der Waals surface area contributed by atoms with Crippen LogP contribution in [0.2, 0.25) is 0 Å². The molecule has 0 aliphatic carbocycles. The lowest BCUT2D eigenvalue weighted by atomic mass is 10.1. The molecule has 36 heavy (non-hydrogen) atoms. The second-order valence-corrected chi connectivity index (χ2v) is 8.21.